The molecule has 2 N–H and O–H groups in total. The summed E-state index contributed by atoms with van der Waals surface area (Å²) >= 11 is 0. The van der Waals surface area contributed by atoms with E-state index in [4.69, 9.17) is 9.47 Å². The molecule has 5 heterocycles. The molecule has 1 aromatic heterocycles. The van der Waals surface area contributed by atoms with Gasteiger partial charge in [0.15, 0.2) is 17.2 Å². The highest BCUT2D eigenvalue weighted by Gasteiger charge is 2.50. The fourth-order valence-electron chi connectivity index (χ4n) is 7.78. The van der Waals surface area contributed by atoms with E-state index in [1.54, 1.807) is 32.4 Å². The van der Waals surface area contributed by atoms with Crippen LogP contribution in [0.4, 0.5) is 11.4 Å². The molecule has 0 saturated carbocycles. The SMILES string of the molecule is COc1cc2c(cc1OC)CN(C(=O)[C@@H]1Cc3cc([NH+]([O-])O)ccc3N3CC4CC(Cn5c4cccc5=O)[C@@H]13)CC2. The van der Waals surface area contributed by atoms with Gasteiger partial charge in [-0.2, -0.15) is 5.23 Å². The van der Waals surface area contributed by atoms with Gasteiger partial charge >= 0.3 is 0 Å². The third kappa shape index (κ3) is 4.20. The van der Waals surface area contributed by atoms with Crippen LogP contribution in [0.5, 0.6) is 11.5 Å². The quantitative estimate of drug-likeness (QED) is 0.472. The van der Waals surface area contributed by atoms with Gasteiger partial charge in [-0.05, 0) is 66.1 Å². The van der Waals surface area contributed by atoms with Crippen molar-refractivity contribution in [2.75, 3.05) is 32.2 Å². The first-order chi connectivity index (χ1) is 19.9. The molecule has 41 heavy (non-hydrogen) atoms. The Hall–Kier alpha value is -3.86. The second kappa shape index (κ2) is 9.90. The van der Waals surface area contributed by atoms with Crippen LogP contribution in [-0.2, 0) is 30.7 Å². The highest BCUT2D eigenvalue weighted by Crippen LogP contribution is 2.48. The Kier molecular flexibility index (Phi) is 6.29. The number of quaternary nitrogens is 1. The van der Waals surface area contributed by atoms with Gasteiger partial charge in [0.2, 0.25) is 5.91 Å². The molecule has 1 fully saturated rings. The van der Waals surface area contributed by atoms with Crippen molar-refractivity contribution in [1.82, 2.24) is 9.47 Å². The number of amides is 1. The van der Waals surface area contributed by atoms with Crippen LogP contribution in [0, 0.1) is 17.0 Å². The first-order valence-electron chi connectivity index (χ1n) is 14.2. The van der Waals surface area contributed by atoms with E-state index in [1.165, 1.54) is 0 Å². The van der Waals surface area contributed by atoms with Crippen molar-refractivity contribution in [2.24, 2.45) is 11.8 Å². The summed E-state index contributed by atoms with van der Waals surface area (Å²) in [6.07, 6.45) is 2.12. The number of hydrogen-bond acceptors (Lipinski definition) is 7. The summed E-state index contributed by atoms with van der Waals surface area (Å²) in [6.45, 7) is 2.35. The lowest BCUT2D eigenvalue weighted by molar-refractivity contribution is -0.991. The summed E-state index contributed by atoms with van der Waals surface area (Å²) in [4.78, 5) is 31.6. The Balaban J connectivity index is 1.26. The number of anilines is 1. The van der Waals surface area contributed by atoms with Gasteiger partial charge in [0.1, 0.15) is 0 Å². The lowest BCUT2D eigenvalue weighted by Crippen LogP contribution is -2.99. The predicted molar refractivity (Wildman–Crippen MR) is 151 cm³/mol. The Morgan fingerprint density at radius 3 is 2.56 bits per heavy atom. The second-order valence-corrected chi connectivity index (χ2v) is 11.7. The summed E-state index contributed by atoms with van der Waals surface area (Å²) < 4.78 is 12.9. The third-order valence-electron chi connectivity index (χ3n) is 9.60. The number of methoxy groups -OCH3 is 2. The number of ether oxygens (including phenoxy) is 2. The van der Waals surface area contributed by atoms with E-state index in [-0.39, 0.29) is 40.9 Å². The van der Waals surface area contributed by atoms with Crippen LogP contribution in [0.1, 0.15) is 34.7 Å². The van der Waals surface area contributed by atoms with Crippen molar-refractivity contribution in [1.29, 1.82) is 0 Å². The van der Waals surface area contributed by atoms with Crippen LogP contribution in [0.15, 0.2) is 53.3 Å². The number of carbonyl (C=O) groups is 1. The van der Waals surface area contributed by atoms with Crippen LogP contribution < -0.4 is 25.2 Å². The van der Waals surface area contributed by atoms with E-state index in [0.717, 1.165) is 40.9 Å². The van der Waals surface area contributed by atoms with Gasteiger partial charge < -0.3 is 29.0 Å². The summed E-state index contributed by atoms with van der Waals surface area (Å²) in [5, 5.41) is 20.6. The third-order valence-corrected chi connectivity index (χ3v) is 9.60. The summed E-state index contributed by atoms with van der Waals surface area (Å²) in [5.74, 6) is 1.36. The minimum Gasteiger partial charge on any atom is -0.595 e. The number of carbonyl (C=O) groups excluding carboxylic acids is 1. The highest BCUT2D eigenvalue weighted by atomic mass is 16.8. The van der Waals surface area contributed by atoms with Gasteiger partial charge in [-0.15, -0.1) is 0 Å². The molecule has 4 aliphatic rings. The average Bonchev–Trinajstić information content (AvgIpc) is 2.99. The van der Waals surface area contributed by atoms with Crippen molar-refractivity contribution in [3.8, 4) is 11.5 Å². The van der Waals surface area contributed by atoms with Gasteiger partial charge in [-0.25, -0.2) is 5.21 Å². The van der Waals surface area contributed by atoms with Crippen molar-refractivity contribution in [3.05, 3.63) is 86.5 Å². The first-order valence-corrected chi connectivity index (χ1v) is 14.2. The normalized spacial score (nSPS) is 24.9. The van der Waals surface area contributed by atoms with Crippen LogP contribution in [-0.4, -0.2) is 53.9 Å². The van der Waals surface area contributed by atoms with Gasteiger partial charge in [-0.1, -0.05) is 6.07 Å². The van der Waals surface area contributed by atoms with E-state index >= 15 is 0 Å². The molecular formula is C31H34N4O6. The largest absolute Gasteiger partial charge is 0.595 e. The van der Waals surface area contributed by atoms with Crippen LogP contribution in [0.25, 0.3) is 0 Å². The molecule has 214 valence electrons. The molecule has 0 radical (unpaired) electrons. The molecular weight excluding hydrogens is 524 g/mol. The molecule has 1 amide bonds. The minimum absolute atomic E-state index is 0.00727. The minimum atomic E-state index is -0.973. The molecule has 5 atom stereocenters. The number of piperidine rings is 1. The number of nitrogens with one attached hydrogen (secondary N) is 1. The molecule has 7 rings (SSSR count). The maximum atomic E-state index is 14.5. The molecule has 0 spiro atoms. The Morgan fingerprint density at radius 2 is 1.80 bits per heavy atom. The highest BCUT2D eigenvalue weighted by molar-refractivity contribution is 5.83. The Labute approximate surface area is 237 Å². The van der Waals surface area contributed by atoms with E-state index < -0.39 is 5.23 Å². The van der Waals surface area contributed by atoms with Gasteiger partial charge in [0.25, 0.3) is 5.56 Å². The van der Waals surface area contributed by atoms with Crippen LogP contribution in [0.3, 0.4) is 0 Å². The molecule has 4 aliphatic heterocycles. The zero-order valence-corrected chi connectivity index (χ0v) is 23.2. The van der Waals surface area contributed by atoms with Crippen molar-refractivity contribution < 1.29 is 24.7 Å². The summed E-state index contributed by atoms with van der Waals surface area (Å²) in [7, 11) is 3.23. The standard InChI is InChI=1S/C31H34N4O6/c1-40-27-13-18-8-9-32(15-20(18)14-28(27)41-2)31(37)24-12-19-11-23(35(38)39)6-7-26(19)34-16-21-10-22(30(24)34)17-33-25(21)4-3-5-29(33)36/h3-7,11,13-14,21-22,24,30,35,38H,8-10,12,15-17H2,1-2H3/t21?,22?,24-,30+/m1/s1. The molecule has 3 aromatic rings. The summed E-state index contributed by atoms with van der Waals surface area (Å²) in [6, 6.07) is 14.7. The fourth-order valence-corrected chi connectivity index (χ4v) is 7.78. The topological polar surface area (TPSA) is 112 Å². The number of benzene rings is 2. The number of pyridine rings is 1. The maximum Gasteiger partial charge on any atom is 0.250 e. The van der Waals surface area contributed by atoms with E-state index in [9.17, 15) is 20.0 Å². The molecule has 10 nitrogen and oxygen atoms in total. The monoisotopic (exact) mass is 558 g/mol. The lowest BCUT2D eigenvalue weighted by atomic mass is 9.69. The number of nitrogens with zero attached hydrogens (tertiary/aromatic N) is 3. The number of hydrogen-bond donors (Lipinski definition) is 2. The first kappa shape index (κ1) is 26.1. The van der Waals surface area contributed by atoms with E-state index in [1.807, 2.05) is 39.8 Å². The molecule has 1 saturated heterocycles. The van der Waals surface area contributed by atoms with Crippen molar-refractivity contribution >= 4 is 17.3 Å². The van der Waals surface area contributed by atoms with Gasteiger partial charge in [0, 0.05) is 67.7 Å². The number of aromatic nitrogens is 1. The Morgan fingerprint density at radius 1 is 1.02 bits per heavy atom. The zero-order chi connectivity index (χ0) is 28.4. The molecule has 2 aromatic carbocycles. The fraction of sp³-hybridized carbons (Fsp3) is 0.419. The molecule has 10 heteroatoms. The predicted octanol–water partition coefficient (Wildman–Crippen LogP) is 2.02. The van der Waals surface area contributed by atoms with E-state index in [2.05, 4.69) is 4.90 Å². The number of rotatable bonds is 4. The zero-order valence-electron chi connectivity index (χ0n) is 23.2. The molecule has 2 bridgehead atoms. The van der Waals surface area contributed by atoms with Gasteiger partial charge in [-0.3, -0.25) is 9.59 Å². The van der Waals surface area contributed by atoms with Crippen LogP contribution in [0.2, 0.25) is 0 Å². The Bertz CT molecular complexity index is 1590. The molecule has 3 unspecified atom stereocenters. The van der Waals surface area contributed by atoms with Crippen molar-refractivity contribution in [2.45, 2.75) is 44.3 Å². The van der Waals surface area contributed by atoms with Crippen molar-refractivity contribution in [3.63, 3.8) is 0 Å². The second-order valence-electron chi connectivity index (χ2n) is 11.7. The average molecular weight is 559 g/mol. The van der Waals surface area contributed by atoms with Crippen LogP contribution >= 0.6 is 0 Å². The molecule has 0 aliphatic carbocycles. The van der Waals surface area contributed by atoms with E-state index in [0.29, 0.717) is 44.1 Å². The number of fused-ring (bicyclic) bond motifs is 9. The summed E-state index contributed by atoms with van der Waals surface area (Å²) in [5.41, 5.74) is 5.38. The van der Waals surface area contributed by atoms with Gasteiger partial charge in [0.05, 0.1) is 20.1 Å². The lowest BCUT2D eigenvalue weighted by Gasteiger charge is -2.54. The maximum absolute atomic E-state index is 14.5. The smallest absolute Gasteiger partial charge is 0.250 e.